The second kappa shape index (κ2) is 10.6. The van der Waals surface area contributed by atoms with Crippen LogP contribution in [0.5, 0.6) is 23.0 Å². The summed E-state index contributed by atoms with van der Waals surface area (Å²) in [6.07, 6.45) is -0.0259. The molecule has 3 rings (SSSR count). The number of anilines is 2. The molecule has 33 heavy (non-hydrogen) atoms. The Balaban J connectivity index is 1.58. The Labute approximate surface area is 191 Å². The van der Waals surface area contributed by atoms with E-state index < -0.39 is 24.4 Å². The first-order valence-corrected chi connectivity index (χ1v) is 10.1. The van der Waals surface area contributed by atoms with Crippen molar-refractivity contribution in [2.45, 2.75) is 6.42 Å². The van der Waals surface area contributed by atoms with E-state index in [4.69, 9.17) is 23.7 Å². The topological polar surface area (TPSA) is 113 Å². The maximum Gasteiger partial charge on any atom is 0.311 e. The quantitative estimate of drug-likeness (QED) is 0.570. The van der Waals surface area contributed by atoms with Crippen LogP contribution in [0.4, 0.5) is 11.4 Å². The fraction of sp³-hybridized carbons (Fsp3) is 0.348. The van der Waals surface area contributed by atoms with Crippen LogP contribution < -0.4 is 29.2 Å². The van der Waals surface area contributed by atoms with Crippen LogP contribution in [-0.4, -0.2) is 59.4 Å². The lowest BCUT2D eigenvalue weighted by Crippen LogP contribution is -2.28. The molecule has 0 spiro atoms. The molecule has 2 amide bonds. The fourth-order valence-corrected chi connectivity index (χ4v) is 3.45. The molecule has 0 radical (unpaired) electrons. The van der Waals surface area contributed by atoms with Crippen LogP contribution in [0, 0.1) is 5.92 Å². The Morgan fingerprint density at radius 3 is 2.21 bits per heavy atom. The SMILES string of the molecule is COc1ccc(NC(=O)COC(=O)[C@H]2CC(=O)N(c3ccc(OC)cc3OC)C2)c(OC)c1. The normalized spacial score (nSPS) is 15.1. The molecule has 176 valence electrons. The van der Waals surface area contributed by atoms with Crippen LogP contribution in [0.3, 0.4) is 0 Å². The van der Waals surface area contributed by atoms with Gasteiger partial charge in [-0.05, 0) is 24.3 Å². The van der Waals surface area contributed by atoms with Crippen molar-refractivity contribution in [3.05, 3.63) is 36.4 Å². The molecule has 2 aromatic rings. The van der Waals surface area contributed by atoms with Gasteiger partial charge >= 0.3 is 5.97 Å². The summed E-state index contributed by atoms with van der Waals surface area (Å²) in [7, 11) is 6.00. The molecule has 0 aliphatic carbocycles. The van der Waals surface area contributed by atoms with Gasteiger partial charge in [0.25, 0.3) is 5.91 Å². The molecule has 10 nitrogen and oxygen atoms in total. The summed E-state index contributed by atoms with van der Waals surface area (Å²) < 4.78 is 26.0. The number of hydrogen-bond acceptors (Lipinski definition) is 8. The van der Waals surface area contributed by atoms with E-state index >= 15 is 0 Å². The molecule has 1 heterocycles. The predicted octanol–water partition coefficient (Wildman–Crippen LogP) is 2.26. The number of nitrogens with zero attached hydrogens (tertiary/aromatic N) is 1. The highest BCUT2D eigenvalue weighted by atomic mass is 16.5. The maximum absolute atomic E-state index is 12.5. The van der Waals surface area contributed by atoms with Crippen molar-refractivity contribution in [1.82, 2.24) is 0 Å². The highest BCUT2D eigenvalue weighted by Crippen LogP contribution is 2.36. The minimum atomic E-state index is -0.701. The van der Waals surface area contributed by atoms with Crippen molar-refractivity contribution in [1.29, 1.82) is 0 Å². The Bertz CT molecular complexity index is 1040. The Morgan fingerprint density at radius 1 is 0.939 bits per heavy atom. The number of rotatable bonds is 9. The fourth-order valence-electron chi connectivity index (χ4n) is 3.45. The maximum atomic E-state index is 12.5. The average Bonchev–Trinajstić information content (AvgIpc) is 3.23. The van der Waals surface area contributed by atoms with Crippen molar-refractivity contribution in [2.75, 3.05) is 51.8 Å². The molecule has 10 heteroatoms. The highest BCUT2D eigenvalue weighted by molar-refractivity contribution is 6.01. The Hall–Kier alpha value is -3.95. The highest BCUT2D eigenvalue weighted by Gasteiger charge is 2.37. The van der Waals surface area contributed by atoms with Gasteiger partial charge in [-0.3, -0.25) is 14.4 Å². The predicted molar refractivity (Wildman–Crippen MR) is 119 cm³/mol. The summed E-state index contributed by atoms with van der Waals surface area (Å²) >= 11 is 0. The average molecular weight is 458 g/mol. The summed E-state index contributed by atoms with van der Waals surface area (Å²) in [5.74, 6) is -0.109. The molecule has 2 aromatic carbocycles. The van der Waals surface area contributed by atoms with E-state index in [1.165, 1.54) is 33.3 Å². The van der Waals surface area contributed by atoms with Crippen molar-refractivity contribution in [3.63, 3.8) is 0 Å². The van der Waals surface area contributed by atoms with Crippen LogP contribution >= 0.6 is 0 Å². The lowest BCUT2D eigenvalue weighted by molar-refractivity contribution is -0.151. The zero-order chi connectivity index (χ0) is 24.0. The molecule has 1 aliphatic heterocycles. The Kier molecular flexibility index (Phi) is 7.60. The van der Waals surface area contributed by atoms with Gasteiger partial charge in [-0.1, -0.05) is 0 Å². The molecular weight excluding hydrogens is 432 g/mol. The molecule has 1 N–H and O–H groups in total. The zero-order valence-electron chi connectivity index (χ0n) is 18.9. The number of nitrogens with one attached hydrogen (secondary N) is 1. The van der Waals surface area contributed by atoms with Crippen LogP contribution in [0.15, 0.2) is 36.4 Å². The van der Waals surface area contributed by atoms with Crippen LogP contribution in [0.1, 0.15) is 6.42 Å². The van der Waals surface area contributed by atoms with E-state index in [2.05, 4.69) is 5.32 Å². The number of carbonyl (C=O) groups is 3. The minimum absolute atomic E-state index is 0.0259. The summed E-state index contributed by atoms with van der Waals surface area (Å²) in [5, 5.41) is 2.63. The van der Waals surface area contributed by atoms with Crippen LogP contribution in [-0.2, 0) is 19.1 Å². The third kappa shape index (κ3) is 5.46. The molecule has 0 bridgehead atoms. The van der Waals surface area contributed by atoms with Gasteiger partial charge in [0, 0.05) is 25.1 Å². The third-order valence-corrected chi connectivity index (χ3v) is 5.16. The number of amides is 2. The number of carbonyl (C=O) groups excluding carboxylic acids is 3. The second-order valence-corrected chi connectivity index (χ2v) is 7.17. The number of hydrogen-bond donors (Lipinski definition) is 1. The monoisotopic (exact) mass is 458 g/mol. The first kappa shape index (κ1) is 23.7. The number of methoxy groups -OCH3 is 4. The van der Waals surface area contributed by atoms with Gasteiger partial charge in [0.15, 0.2) is 6.61 Å². The molecule has 0 saturated carbocycles. The van der Waals surface area contributed by atoms with E-state index in [0.29, 0.717) is 34.4 Å². The van der Waals surface area contributed by atoms with E-state index in [9.17, 15) is 14.4 Å². The standard InChI is InChI=1S/C23H26N2O8/c1-29-15-5-7-17(19(10-15)31-3)24-21(26)13-33-23(28)14-9-22(27)25(12-14)18-8-6-16(30-2)11-20(18)32-4/h5-8,10-11,14H,9,12-13H2,1-4H3,(H,24,26)/t14-/m0/s1. The van der Waals surface area contributed by atoms with Gasteiger partial charge in [0.1, 0.15) is 23.0 Å². The largest absolute Gasteiger partial charge is 0.497 e. The van der Waals surface area contributed by atoms with Crippen molar-refractivity contribution in [3.8, 4) is 23.0 Å². The molecular formula is C23H26N2O8. The van der Waals surface area contributed by atoms with Crippen molar-refractivity contribution >= 4 is 29.2 Å². The minimum Gasteiger partial charge on any atom is -0.497 e. The Morgan fingerprint density at radius 2 is 1.58 bits per heavy atom. The van der Waals surface area contributed by atoms with Gasteiger partial charge < -0.3 is 33.9 Å². The van der Waals surface area contributed by atoms with E-state index in [1.54, 1.807) is 36.4 Å². The number of esters is 1. The summed E-state index contributed by atoms with van der Waals surface area (Å²) in [6, 6.07) is 9.96. The zero-order valence-corrected chi connectivity index (χ0v) is 18.9. The molecule has 1 aliphatic rings. The smallest absolute Gasteiger partial charge is 0.311 e. The van der Waals surface area contributed by atoms with Gasteiger partial charge in [-0.15, -0.1) is 0 Å². The molecule has 1 atom stereocenters. The van der Waals surface area contributed by atoms with Crippen molar-refractivity contribution in [2.24, 2.45) is 5.92 Å². The molecule has 1 fully saturated rings. The second-order valence-electron chi connectivity index (χ2n) is 7.17. The number of ether oxygens (including phenoxy) is 5. The molecule has 1 saturated heterocycles. The third-order valence-electron chi connectivity index (χ3n) is 5.16. The van der Waals surface area contributed by atoms with Gasteiger partial charge in [-0.2, -0.15) is 0 Å². The van der Waals surface area contributed by atoms with E-state index in [1.807, 2.05) is 0 Å². The summed E-state index contributed by atoms with van der Waals surface area (Å²) in [5.41, 5.74) is 0.941. The van der Waals surface area contributed by atoms with E-state index in [0.717, 1.165) is 0 Å². The van der Waals surface area contributed by atoms with Crippen molar-refractivity contribution < 1.29 is 38.1 Å². The van der Waals surface area contributed by atoms with Crippen LogP contribution in [0.2, 0.25) is 0 Å². The first-order chi connectivity index (χ1) is 15.9. The molecule has 0 unspecified atom stereocenters. The van der Waals surface area contributed by atoms with Crippen LogP contribution in [0.25, 0.3) is 0 Å². The van der Waals surface area contributed by atoms with E-state index in [-0.39, 0.29) is 18.9 Å². The van der Waals surface area contributed by atoms with Gasteiger partial charge in [0.2, 0.25) is 5.91 Å². The molecule has 0 aromatic heterocycles. The summed E-state index contributed by atoms with van der Waals surface area (Å²) in [4.78, 5) is 38.8. The first-order valence-electron chi connectivity index (χ1n) is 10.1. The lowest BCUT2D eigenvalue weighted by atomic mass is 10.1. The van der Waals surface area contributed by atoms with Gasteiger partial charge in [-0.25, -0.2) is 0 Å². The lowest BCUT2D eigenvalue weighted by Gasteiger charge is -2.20. The number of benzene rings is 2. The van der Waals surface area contributed by atoms with Gasteiger partial charge in [0.05, 0.1) is 45.7 Å². The summed E-state index contributed by atoms with van der Waals surface area (Å²) in [6.45, 7) is -0.376.